The molecule has 1 atom stereocenters. The summed E-state index contributed by atoms with van der Waals surface area (Å²) >= 11 is 0. The third-order valence-corrected chi connectivity index (χ3v) is 5.22. The van der Waals surface area contributed by atoms with Gasteiger partial charge in [0.2, 0.25) is 0 Å². The zero-order valence-corrected chi connectivity index (χ0v) is 16.3. The van der Waals surface area contributed by atoms with Crippen molar-refractivity contribution >= 4 is 5.91 Å². The average molecular weight is 375 g/mol. The highest BCUT2D eigenvalue weighted by Crippen LogP contribution is 2.27. The Balaban J connectivity index is 1.56. The molecule has 1 saturated heterocycles. The lowest BCUT2D eigenvalue weighted by Crippen LogP contribution is -2.39. The Morgan fingerprint density at radius 1 is 1.18 bits per heavy atom. The standard InChI is InChI=1S/C22H25N5O/c1-16(2)21-24-10-12-27(21)20-14-23-13-19(25-20)18-9-6-11-26(15-18)22(28)17-7-4-3-5-8-17/h3-5,7-8,10,12-14,16,18H,6,9,11,15H2,1-2H3. The number of amides is 1. The van der Waals surface area contributed by atoms with Crippen molar-refractivity contribution in [1.82, 2.24) is 24.4 Å². The minimum atomic E-state index is 0.0890. The van der Waals surface area contributed by atoms with Gasteiger partial charge in [0.25, 0.3) is 5.91 Å². The molecule has 4 rings (SSSR count). The van der Waals surface area contributed by atoms with E-state index in [4.69, 9.17) is 4.98 Å². The third-order valence-electron chi connectivity index (χ3n) is 5.22. The maximum Gasteiger partial charge on any atom is 0.253 e. The molecule has 3 heterocycles. The molecule has 2 aromatic heterocycles. The largest absolute Gasteiger partial charge is 0.338 e. The third kappa shape index (κ3) is 3.67. The minimum Gasteiger partial charge on any atom is -0.338 e. The van der Waals surface area contributed by atoms with E-state index in [1.807, 2.05) is 52.2 Å². The predicted molar refractivity (Wildman–Crippen MR) is 108 cm³/mol. The Morgan fingerprint density at radius 2 is 2.00 bits per heavy atom. The second-order valence-corrected chi connectivity index (χ2v) is 7.57. The van der Waals surface area contributed by atoms with E-state index >= 15 is 0 Å². The number of aromatic nitrogens is 4. The Bertz CT molecular complexity index is 950. The lowest BCUT2D eigenvalue weighted by atomic mass is 9.94. The molecule has 1 aliphatic heterocycles. The first kappa shape index (κ1) is 18.3. The van der Waals surface area contributed by atoms with Crippen LogP contribution in [0.2, 0.25) is 0 Å². The van der Waals surface area contributed by atoms with E-state index < -0.39 is 0 Å². The summed E-state index contributed by atoms with van der Waals surface area (Å²) in [7, 11) is 0. The lowest BCUT2D eigenvalue weighted by molar-refractivity contribution is 0.0706. The molecule has 0 radical (unpaired) electrons. The number of hydrogen-bond donors (Lipinski definition) is 0. The molecule has 1 fully saturated rings. The van der Waals surface area contributed by atoms with Crippen LogP contribution >= 0.6 is 0 Å². The van der Waals surface area contributed by atoms with Crippen LogP contribution in [0.25, 0.3) is 5.82 Å². The van der Waals surface area contributed by atoms with Crippen LogP contribution in [0.5, 0.6) is 0 Å². The average Bonchev–Trinajstić information content (AvgIpc) is 3.24. The van der Waals surface area contributed by atoms with E-state index in [0.717, 1.165) is 42.3 Å². The number of piperidine rings is 1. The van der Waals surface area contributed by atoms with Gasteiger partial charge in [-0.25, -0.2) is 9.97 Å². The van der Waals surface area contributed by atoms with Gasteiger partial charge in [-0.2, -0.15) is 0 Å². The number of likely N-dealkylation sites (tertiary alicyclic amines) is 1. The second kappa shape index (κ2) is 7.92. The Labute approximate surface area is 165 Å². The fourth-order valence-electron chi connectivity index (χ4n) is 3.79. The van der Waals surface area contributed by atoms with Gasteiger partial charge in [-0.05, 0) is 25.0 Å². The molecule has 3 aromatic rings. The molecule has 1 aliphatic rings. The van der Waals surface area contributed by atoms with E-state index in [0.29, 0.717) is 12.5 Å². The van der Waals surface area contributed by atoms with Gasteiger partial charge in [0.1, 0.15) is 5.82 Å². The minimum absolute atomic E-state index is 0.0890. The maximum atomic E-state index is 12.8. The predicted octanol–water partition coefficient (Wildman–Crippen LogP) is 3.81. The van der Waals surface area contributed by atoms with E-state index in [9.17, 15) is 4.79 Å². The molecule has 28 heavy (non-hydrogen) atoms. The number of carbonyl (C=O) groups is 1. The van der Waals surface area contributed by atoms with Gasteiger partial charge in [-0.15, -0.1) is 0 Å². The van der Waals surface area contributed by atoms with Crippen LogP contribution < -0.4 is 0 Å². The van der Waals surface area contributed by atoms with Crippen LogP contribution in [-0.4, -0.2) is 43.4 Å². The normalized spacial score (nSPS) is 17.1. The zero-order valence-electron chi connectivity index (χ0n) is 16.3. The smallest absolute Gasteiger partial charge is 0.253 e. The summed E-state index contributed by atoms with van der Waals surface area (Å²) in [6.07, 6.45) is 9.30. The van der Waals surface area contributed by atoms with Crippen molar-refractivity contribution in [3.8, 4) is 5.82 Å². The van der Waals surface area contributed by atoms with Crippen LogP contribution in [-0.2, 0) is 0 Å². The van der Waals surface area contributed by atoms with Gasteiger partial charge in [0, 0.05) is 49.1 Å². The van der Waals surface area contributed by atoms with Crippen LogP contribution in [0.3, 0.4) is 0 Å². The Morgan fingerprint density at radius 3 is 2.79 bits per heavy atom. The molecular formula is C22H25N5O. The van der Waals surface area contributed by atoms with Crippen molar-refractivity contribution in [1.29, 1.82) is 0 Å². The monoisotopic (exact) mass is 375 g/mol. The number of imidazole rings is 1. The maximum absolute atomic E-state index is 12.8. The van der Waals surface area contributed by atoms with Crippen molar-refractivity contribution in [3.63, 3.8) is 0 Å². The van der Waals surface area contributed by atoms with Crippen LogP contribution in [0.4, 0.5) is 0 Å². The van der Waals surface area contributed by atoms with Crippen molar-refractivity contribution in [2.45, 2.75) is 38.5 Å². The van der Waals surface area contributed by atoms with Crippen molar-refractivity contribution in [2.75, 3.05) is 13.1 Å². The summed E-state index contributed by atoms with van der Waals surface area (Å²) in [5.41, 5.74) is 1.68. The van der Waals surface area contributed by atoms with E-state index in [-0.39, 0.29) is 11.8 Å². The van der Waals surface area contributed by atoms with Crippen LogP contribution in [0.15, 0.2) is 55.1 Å². The Kier molecular flexibility index (Phi) is 5.19. The van der Waals surface area contributed by atoms with E-state index in [2.05, 4.69) is 23.8 Å². The van der Waals surface area contributed by atoms with Gasteiger partial charge in [-0.1, -0.05) is 32.0 Å². The highest BCUT2D eigenvalue weighted by molar-refractivity contribution is 5.94. The number of nitrogens with zero attached hydrogens (tertiary/aromatic N) is 5. The van der Waals surface area contributed by atoms with Crippen LogP contribution in [0.1, 0.15) is 60.4 Å². The van der Waals surface area contributed by atoms with Gasteiger partial charge in [-0.3, -0.25) is 14.3 Å². The van der Waals surface area contributed by atoms with Crippen molar-refractivity contribution < 1.29 is 4.79 Å². The molecule has 1 amide bonds. The summed E-state index contributed by atoms with van der Waals surface area (Å²) in [5, 5.41) is 0. The molecule has 0 N–H and O–H groups in total. The number of carbonyl (C=O) groups excluding carboxylic acids is 1. The quantitative estimate of drug-likeness (QED) is 0.696. The molecule has 1 unspecified atom stereocenters. The first-order valence-corrected chi connectivity index (χ1v) is 9.83. The molecule has 0 spiro atoms. The highest BCUT2D eigenvalue weighted by atomic mass is 16.2. The van der Waals surface area contributed by atoms with Gasteiger partial charge < -0.3 is 4.90 Å². The molecular weight excluding hydrogens is 350 g/mol. The molecule has 0 aliphatic carbocycles. The zero-order chi connectivity index (χ0) is 19.5. The second-order valence-electron chi connectivity index (χ2n) is 7.57. The molecule has 6 nitrogen and oxygen atoms in total. The summed E-state index contributed by atoms with van der Waals surface area (Å²) in [4.78, 5) is 28.5. The lowest BCUT2D eigenvalue weighted by Gasteiger charge is -2.32. The van der Waals surface area contributed by atoms with E-state index in [1.54, 1.807) is 12.4 Å². The fraction of sp³-hybridized carbons (Fsp3) is 0.364. The fourth-order valence-corrected chi connectivity index (χ4v) is 3.79. The summed E-state index contributed by atoms with van der Waals surface area (Å²) in [6.45, 7) is 5.69. The van der Waals surface area contributed by atoms with E-state index in [1.165, 1.54) is 0 Å². The van der Waals surface area contributed by atoms with Crippen molar-refractivity contribution in [2.24, 2.45) is 0 Å². The number of rotatable bonds is 4. The molecule has 0 saturated carbocycles. The topological polar surface area (TPSA) is 63.9 Å². The first-order chi connectivity index (χ1) is 13.6. The van der Waals surface area contributed by atoms with Crippen molar-refractivity contribution in [3.05, 3.63) is 72.2 Å². The summed E-state index contributed by atoms with van der Waals surface area (Å²) < 4.78 is 2.00. The summed E-state index contributed by atoms with van der Waals surface area (Å²) in [6, 6.07) is 9.48. The first-order valence-electron chi connectivity index (χ1n) is 9.83. The molecule has 6 heteroatoms. The van der Waals surface area contributed by atoms with Gasteiger partial charge in [0.05, 0.1) is 11.9 Å². The Hall–Kier alpha value is -3.02. The van der Waals surface area contributed by atoms with Gasteiger partial charge >= 0.3 is 0 Å². The molecule has 1 aromatic carbocycles. The number of hydrogen-bond acceptors (Lipinski definition) is 4. The summed E-state index contributed by atoms with van der Waals surface area (Å²) in [5.74, 6) is 2.33. The molecule has 0 bridgehead atoms. The molecule has 144 valence electrons. The SMILES string of the molecule is CC(C)c1nccn1-c1cncc(C2CCCN(C(=O)c3ccccc3)C2)n1. The number of benzene rings is 1. The highest BCUT2D eigenvalue weighted by Gasteiger charge is 2.27. The van der Waals surface area contributed by atoms with Crippen LogP contribution in [0, 0.1) is 0 Å². The van der Waals surface area contributed by atoms with Gasteiger partial charge in [0.15, 0.2) is 5.82 Å².